The van der Waals surface area contributed by atoms with E-state index < -0.39 is 23.8 Å². The molecule has 4 heterocycles. The first-order valence-electron chi connectivity index (χ1n) is 9.34. The first kappa shape index (κ1) is 16.6. The van der Waals surface area contributed by atoms with Gasteiger partial charge in [0.2, 0.25) is 11.8 Å². The summed E-state index contributed by atoms with van der Waals surface area (Å²) >= 11 is 0. The molecule has 0 radical (unpaired) electrons. The Morgan fingerprint density at radius 3 is 2.63 bits per heavy atom. The standard InChI is InChI=1S/C19H20N4O4/c24-15-4-3-14(17(25)22-15)23-18(26)11-2-1-9(5-12(11)19(23)27)7-21-16-10-6-13(16)20-8-10/h1-2,5,10,13-14,16,20-21H,3-4,6-8H2,(H,22,24,25)/t10-,13-,14?,16+/m0/s1. The van der Waals surface area contributed by atoms with Gasteiger partial charge >= 0.3 is 0 Å². The largest absolute Gasteiger partial charge is 0.312 e. The van der Waals surface area contributed by atoms with Gasteiger partial charge in [0.05, 0.1) is 11.1 Å². The molecule has 4 fully saturated rings. The van der Waals surface area contributed by atoms with Crippen molar-refractivity contribution in [3.05, 3.63) is 34.9 Å². The van der Waals surface area contributed by atoms with Gasteiger partial charge in [-0.25, -0.2) is 0 Å². The Morgan fingerprint density at radius 1 is 1.11 bits per heavy atom. The summed E-state index contributed by atoms with van der Waals surface area (Å²) in [5.74, 6) is -1.21. The third-order valence-electron chi connectivity index (χ3n) is 6.19. The molecule has 4 aliphatic heterocycles. The molecule has 8 nitrogen and oxygen atoms in total. The van der Waals surface area contributed by atoms with Crippen LogP contribution in [0, 0.1) is 5.92 Å². The molecule has 0 aromatic heterocycles. The summed E-state index contributed by atoms with van der Waals surface area (Å²) in [5, 5.41) is 9.19. The highest BCUT2D eigenvalue weighted by atomic mass is 16.2. The molecular weight excluding hydrogens is 348 g/mol. The van der Waals surface area contributed by atoms with Gasteiger partial charge in [-0.05, 0) is 43.0 Å². The quantitative estimate of drug-likeness (QED) is 0.621. The van der Waals surface area contributed by atoms with Gasteiger partial charge in [0.1, 0.15) is 6.04 Å². The molecule has 1 unspecified atom stereocenters. The van der Waals surface area contributed by atoms with Crippen LogP contribution < -0.4 is 16.0 Å². The summed E-state index contributed by atoms with van der Waals surface area (Å²) in [6.07, 6.45) is 1.51. The number of rotatable bonds is 4. The molecule has 1 aliphatic carbocycles. The molecule has 0 spiro atoms. The fraction of sp³-hybridized carbons (Fsp3) is 0.474. The summed E-state index contributed by atoms with van der Waals surface area (Å²) < 4.78 is 0. The number of benzene rings is 1. The number of amides is 4. The second-order valence-electron chi connectivity index (χ2n) is 7.74. The van der Waals surface area contributed by atoms with Crippen LogP contribution in [0.25, 0.3) is 0 Å². The van der Waals surface area contributed by atoms with Crippen molar-refractivity contribution in [2.24, 2.45) is 5.92 Å². The zero-order chi connectivity index (χ0) is 18.7. The predicted octanol–water partition coefficient (Wildman–Crippen LogP) is -0.462. The zero-order valence-corrected chi connectivity index (χ0v) is 14.7. The second-order valence-corrected chi connectivity index (χ2v) is 7.74. The molecule has 1 saturated carbocycles. The second kappa shape index (κ2) is 5.97. The van der Waals surface area contributed by atoms with Crippen LogP contribution in [0.5, 0.6) is 0 Å². The molecule has 27 heavy (non-hydrogen) atoms. The van der Waals surface area contributed by atoms with Gasteiger partial charge in [0, 0.05) is 25.0 Å². The number of carbonyl (C=O) groups is 4. The Bertz CT molecular complexity index is 868. The predicted molar refractivity (Wildman–Crippen MR) is 93.6 cm³/mol. The van der Waals surface area contributed by atoms with E-state index in [4.69, 9.17) is 0 Å². The molecular formula is C19H20N4O4. The van der Waals surface area contributed by atoms with Crippen molar-refractivity contribution in [2.45, 2.75) is 43.9 Å². The highest BCUT2D eigenvalue weighted by Crippen LogP contribution is 2.34. The van der Waals surface area contributed by atoms with Gasteiger partial charge in [0.25, 0.3) is 11.8 Å². The van der Waals surface area contributed by atoms with Crippen molar-refractivity contribution in [2.75, 3.05) is 6.54 Å². The number of carbonyl (C=O) groups excluding carboxylic acids is 4. The third-order valence-corrected chi connectivity index (χ3v) is 6.19. The van der Waals surface area contributed by atoms with Crippen molar-refractivity contribution in [1.82, 2.24) is 20.9 Å². The van der Waals surface area contributed by atoms with E-state index in [1.165, 1.54) is 6.42 Å². The lowest BCUT2D eigenvalue weighted by atomic mass is 9.80. The number of hydrogen-bond donors (Lipinski definition) is 3. The van der Waals surface area contributed by atoms with E-state index in [-0.39, 0.29) is 18.7 Å². The normalized spacial score (nSPS) is 31.8. The van der Waals surface area contributed by atoms with Crippen molar-refractivity contribution in [3.8, 4) is 0 Å². The summed E-state index contributed by atoms with van der Waals surface area (Å²) in [6.45, 7) is 1.69. The van der Waals surface area contributed by atoms with Gasteiger partial charge in [-0.15, -0.1) is 0 Å². The van der Waals surface area contributed by atoms with Gasteiger partial charge in [-0.1, -0.05) is 6.07 Å². The third kappa shape index (κ3) is 2.51. The molecule has 3 saturated heterocycles. The Balaban J connectivity index is 1.33. The van der Waals surface area contributed by atoms with E-state index >= 15 is 0 Å². The highest BCUT2D eigenvalue weighted by Gasteiger charge is 2.46. The van der Waals surface area contributed by atoms with Crippen molar-refractivity contribution < 1.29 is 19.2 Å². The van der Waals surface area contributed by atoms with Gasteiger partial charge < -0.3 is 10.6 Å². The van der Waals surface area contributed by atoms with Crippen molar-refractivity contribution in [1.29, 1.82) is 0 Å². The molecule has 6 rings (SSSR count). The fourth-order valence-electron chi connectivity index (χ4n) is 4.65. The minimum Gasteiger partial charge on any atom is -0.312 e. The van der Waals surface area contributed by atoms with Crippen LogP contribution in [0.4, 0.5) is 0 Å². The maximum Gasteiger partial charge on any atom is 0.262 e. The van der Waals surface area contributed by atoms with E-state index in [1.54, 1.807) is 12.1 Å². The Kier molecular flexibility index (Phi) is 3.66. The lowest BCUT2D eigenvalue weighted by Gasteiger charge is -2.35. The molecule has 5 aliphatic rings. The molecule has 8 heteroatoms. The molecule has 140 valence electrons. The lowest BCUT2D eigenvalue weighted by Crippen LogP contribution is -2.54. The van der Waals surface area contributed by atoms with Crippen molar-refractivity contribution in [3.63, 3.8) is 0 Å². The SMILES string of the molecule is O=C1CCC(N2C(=O)c3ccc(CN[C@@H]4[C@@H]5CN[C@H]4C5)cc3C2=O)C(=O)N1. The smallest absolute Gasteiger partial charge is 0.262 e. The topological polar surface area (TPSA) is 108 Å². The number of nitrogens with zero attached hydrogens (tertiary/aromatic N) is 1. The first-order valence-corrected chi connectivity index (χ1v) is 9.34. The van der Waals surface area contributed by atoms with Gasteiger partial charge in [0.15, 0.2) is 0 Å². The number of nitrogens with one attached hydrogen (secondary N) is 3. The van der Waals surface area contributed by atoms with Crippen LogP contribution in [-0.2, 0) is 16.1 Å². The fourth-order valence-corrected chi connectivity index (χ4v) is 4.65. The Morgan fingerprint density at radius 2 is 1.93 bits per heavy atom. The van der Waals surface area contributed by atoms with E-state index in [9.17, 15) is 19.2 Å². The summed E-state index contributed by atoms with van der Waals surface area (Å²) in [4.78, 5) is 49.9. The molecule has 4 atom stereocenters. The molecule has 1 aromatic rings. The molecule has 2 bridgehead atoms. The zero-order valence-electron chi connectivity index (χ0n) is 14.7. The van der Waals surface area contributed by atoms with E-state index in [0.29, 0.717) is 35.7 Å². The van der Waals surface area contributed by atoms with Crippen LogP contribution in [0.15, 0.2) is 18.2 Å². The summed E-state index contributed by atoms with van der Waals surface area (Å²) in [5.41, 5.74) is 1.59. The summed E-state index contributed by atoms with van der Waals surface area (Å²) in [7, 11) is 0. The maximum absolute atomic E-state index is 12.8. The minimum absolute atomic E-state index is 0.122. The Labute approximate surface area is 155 Å². The maximum atomic E-state index is 12.8. The molecule has 1 aromatic carbocycles. The van der Waals surface area contributed by atoms with Crippen LogP contribution in [0.1, 0.15) is 45.5 Å². The minimum atomic E-state index is -0.923. The monoisotopic (exact) mass is 368 g/mol. The highest BCUT2D eigenvalue weighted by molar-refractivity contribution is 6.23. The average molecular weight is 368 g/mol. The Hall–Kier alpha value is -2.58. The number of piperidine rings is 1. The molecule has 3 N–H and O–H groups in total. The van der Waals surface area contributed by atoms with Crippen LogP contribution >= 0.6 is 0 Å². The molecule has 4 amide bonds. The van der Waals surface area contributed by atoms with Crippen LogP contribution in [0.2, 0.25) is 0 Å². The van der Waals surface area contributed by atoms with Crippen LogP contribution in [-0.4, -0.2) is 53.2 Å². The van der Waals surface area contributed by atoms with Gasteiger partial charge in [-0.3, -0.25) is 29.4 Å². The number of hydrogen-bond acceptors (Lipinski definition) is 6. The number of imide groups is 2. The first-order chi connectivity index (χ1) is 13.0. The average Bonchev–Trinajstić information content (AvgIpc) is 3.32. The van der Waals surface area contributed by atoms with E-state index in [0.717, 1.165) is 17.0 Å². The summed E-state index contributed by atoms with van der Waals surface area (Å²) in [6, 6.07) is 5.33. The van der Waals surface area contributed by atoms with Crippen molar-refractivity contribution >= 4 is 23.6 Å². The van der Waals surface area contributed by atoms with Crippen LogP contribution in [0.3, 0.4) is 0 Å². The van der Waals surface area contributed by atoms with E-state index in [2.05, 4.69) is 16.0 Å². The number of fused-ring (bicyclic) bond motifs is 2. The lowest BCUT2D eigenvalue weighted by molar-refractivity contribution is -0.136. The van der Waals surface area contributed by atoms with Gasteiger partial charge in [-0.2, -0.15) is 0 Å². The van der Waals surface area contributed by atoms with E-state index in [1.807, 2.05) is 6.07 Å².